The van der Waals surface area contributed by atoms with Gasteiger partial charge >= 0.3 is 0 Å². The molecule has 1 saturated carbocycles. The Labute approximate surface area is 130 Å². The van der Waals surface area contributed by atoms with Crippen LogP contribution < -0.4 is 0 Å². The number of hydrogen-bond acceptors (Lipinski definition) is 2. The largest absolute Gasteiger partial charge is 0.342 e. The number of benzene rings is 1. The number of likely N-dealkylation sites (tertiary alicyclic amines) is 1. The van der Waals surface area contributed by atoms with E-state index in [0.29, 0.717) is 17.7 Å². The van der Waals surface area contributed by atoms with Crippen LogP contribution in [0.15, 0.2) is 42.6 Å². The molecule has 0 radical (unpaired) electrons. The lowest BCUT2D eigenvalue weighted by atomic mass is 9.99. The Morgan fingerprint density at radius 2 is 2.05 bits per heavy atom. The summed E-state index contributed by atoms with van der Waals surface area (Å²) >= 11 is 0. The van der Waals surface area contributed by atoms with Gasteiger partial charge in [0.05, 0.1) is 0 Å². The molecule has 3 atom stereocenters. The van der Waals surface area contributed by atoms with Gasteiger partial charge in [-0.3, -0.25) is 9.48 Å². The summed E-state index contributed by atoms with van der Waals surface area (Å²) in [5.41, 5.74) is 2.55. The van der Waals surface area contributed by atoms with Crippen molar-refractivity contribution in [2.75, 3.05) is 13.1 Å². The maximum atomic E-state index is 12.7. The molecule has 4 rings (SSSR count). The van der Waals surface area contributed by atoms with Crippen LogP contribution in [0.5, 0.6) is 0 Å². The molecule has 1 aliphatic carbocycles. The lowest BCUT2D eigenvalue weighted by Gasteiger charge is -2.17. The topological polar surface area (TPSA) is 38.1 Å². The Balaban J connectivity index is 1.40. The van der Waals surface area contributed by atoms with Gasteiger partial charge in [0.1, 0.15) is 0 Å². The highest BCUT2D eigenvalue weighted by Crippen LogP contribution is 2.48. The molecular weight excluding hydrogens is 274 g/mol. The lowest BCUT2D eigenvalue weighted by molar-refractivity contribution is -0.131. The van der Waals surface area contributed by atoms with Gasteiger partial charge in [-0.2, -0.15) is 5.10 Å². The van der Waals surface area contributed by atoms with Crippen molar-refractivity contribution < 1.29 is 4.79 Å². The van der Waals surface area contributed by atoms with Crippen LogP contribution in [-0.2, 0) is 11.8 Å². The lowest BCUT2D eigenvalue weighted by Crippen LogP contribution is -2.30. The van der Waals surface area contributed by atoms with E-state index >= 15 is 0 Å². The fraction of sp³-hybridized carbons (Fsp3) is 0.444. The van der Waals surface area contributed by atoms with Crippen LogP contribution in [0.25, 0.3) is 0 Å². The first kappa shape index (κ1) is 13.6. The number of hydrogen-bond donors (Lipinski definition) is 0. The molecule has 2 aromatic rings. The minimum Gasteiger partial charge on any atom is -0.342 e. The maximum Gasteiger partial charge on any atom is 0.226 e. The van der Waals surface area contributed by atoms with Crippen molar-refractivity contribution in [3.05, 3.63) is 53.9 Å². The zero-order valence-corrected chi connectivity index (χ0v) is 12.9. The van der Waals surface area contributed by atoms with Crippen molar-refractivity contribution in [3.63, 3.8) is 0 Å². The molecule has 1 aromatic heterocycles. The number of carbonyl (C=O) groups is 1. The highest BCUT2D eigenvalue weighted by atomic mass is 16.2. The van der Waals surface area contributed by atoms with Crippen molar-refractivity contribution in [2.24, 2.45) is 13.0 Å². The molecule has 2 fully saturated rings. The Hall–Kier alpha value is -2.10. The molecule has 4 nitrogen and oxygen atoms in total. The number of aryl methyl sites for hydroxylation is 1. The number of carbonyl (C=O) groups excluding carboxylic acids is 1. The Bertz CT molecular complexity index is 679. The molecule has 1 saturated heterocycles. The van der Waals surface area contributed by atoms with Crippen LogP contribution in [-0.4, -0.2) is 33.7 Å². The van der Waals surface area contributed by atoms with Crippen molar-refractivity contribution in [1.82, 2.24) is 14.7 Å². The zero-order chi connectivity index (χ0) is 15.1. The van der Waals surface area contributed by atoms with E-state index in [4.69, 9.17) is 0 Å². The molecule has 1 unspecified atom stereocenters. The Morgan fingerprint density at radius 3 is 2.77 bits per heavy atom. The van der Waals surface area contributed by atoms with E-state index in [1.165, 1.54) is 11.3 Å². The van der Waals surface area contributed by atoms with Crippen molar-refractivity contribution in [2.45, 2.75) is 24.7 Å². The van der Waals surface area contributed by atoms with E-state index < -0.39 is 0 Å². The van der Waals surface area contributed by atoms with E-state index in [1.54, 1.807) is 0 Å². The van der Waals surface area contributed by atoms with Gasteiger partial charge < -0.3 is 4.90 Å². The second-order valence-corrected chi connectivity index (χ2v) is 6.51. The molecule has 22 heavy (non-hydrogen) atoms. The summed E-state index contributed by atoms with van der Waals surface area (Å²) < 4.78 is 1.90. The number of rotatable bonds is 3. The van der Waals surface area contributed by atoms with Crippen LogP contribution in [0.3, 0.4) is 0 Å². The van der Waals surface area contributed by atoms with Gasteiger partial charge in [0.15, 0.2) is 0 Å². The van der Waals surface area contributed by atoms with Gasteiger partial charge in [0.2, 0.25) is 5.91 Å². The van der Waals surface area contributed by atoms with E-state index in [-0.39, 0.29) is 5.92 Å². The molecule has 1 aromatic carbocycles. The number of amides is 1. The summed E-state index contributed by atoms with van der Waals surface area (Å²) in [6, 6.07) is 12.6. The summed E-state index contributed by atoms with van der Waals surface area (Å²) in [5, 5.41) is 4.21. The summed E-state index contributed by atoms with van der Waals surface area (Å²) in [4.78, 5) is 14.8. The molecule has 4 heteroatoms. The molecule has 1 amide bonds. The van der Waals surface area contributed by atoms with Gasteiger partial charge in [-0.05, 0) is 24.5 Å². The van der Waals surface area contributed by atoms with Crippen molar-refractivity contribution in [3.8, 4) is 0 Å². The Kier molecular flexibility index (Phi) is 3.25. The highest BCUT2D eigenvalue weighted by molar-refractivity contribution is 5.83. The predicted molar refractivity (Wildman–Crippen MR) is 84.4 cm³/mol. The van der Waals surface area contributed by atoms with Gasteiger partial charge in [-0.1, -0.05) is 30.3 Å². The van der Waals surface area contributed by atoms with E-state index in [0.717, 1.165) is 25.9 Å². The number of nitrogens with zero attached hydrogens (tertiary/aromatic N) is 3. The smallest absolute Gasteiger partial charge is 0.226 e. The summed E-state index contributed by atoms with van der Waals surface area (Å²) in [5.74, 6) is 1.38. The summed E-state index contributed by atoms with van der Waals surface area (Å²) in [7, 11) is 1.95. The van der Waals surface area contributed by atoms with Crippen LogP contribution in [0.2, 0.25) is 0 Å². The van der Waals surface area contributed by atoms with Gasteiger partial charge in [0, 0.05) is 49.8 Å². The second kappa shape index (κ2) is 5.27. The molecule has 1 aliphatic heterocycles. The highest BCUT2D eigenvalue weighted by Gasteiger charge is 2.48. The first-order valence-corrected chi connectivity index (χ1v) is 8.05. The third-order valence-electron chi connectivity index (χ3n) is 5.12. The summed E-state index contributed by atoms with van der Waals surface area (Å²) in [6.45, 7) is 1.77. The number of aromatic nitrogens is 2. The molecule has 0 N–H and O–H groups in total. The normalized spacial score (nSPS) is 27.1. The van der Waals surface area contributed by atoms with Crippen LogP contribution in [0.4, 0.5) is 0 Å². The molecule has 0 spiro atoms. The predicted octanol–water partition coefficient (Wildman–Crippen LogP) is 2.54. The molecule has 0 bridgehead atoms. The third kappa shape index (κ3) is 2.32. The third-order valence-corrected chi connectivity index (χ3v) is 5.12. The van der Waals surface area contributed by atoms with Gasteiger partial charge in [-0.15, -0.1) is 0 Å². The Morgan fingerprint density at radius 1 is 1.23 bits per heavy atom. The molecular formula is C18H21N3O. The molecule has 2 aliphatic rings. The molecule has 2 heterocycles. The van der Waals surface area contributed by atoms with E-state index in [1.807, 2.05) is 30.1 Å². The van der Waals surface area contributed by atoms with Gasteiger partial charge in [-0.25, -0.2) is 0 Å². The fourth-order valence-electron chi connectivity index (χ4n) is 3.73. The first-order chi connectivity index (χ1) is 10.7. The average Bonchev–Trinajstić information content (AvgIpc) is 2.96. The monoisotopic (exact) mass is 295 g/mol. The van der Waals surface area contributed by atoms with Crippen LogP contribution >= 0.6 is 0 Å². The zero-order valence-electron chi connectivity index (χ0n) is 12.9. The minimum absolute atomic E-state index is 0.171. The standard InChI is InChI=1S/C18H21N3O/c1-20-17(7-9-19-20)15-11-16(15)18(22)21-10-8-14(12-21)13-5-3-2-4-6-13/h2-7,9,14-16H,8,10-12H2,1H3/t14?,15-,16-/m1/s1. The molecule has 114 valence electrons. The van der Waals surface area contributed by atoms with Gasteiger partial charge in [0.25, 0.3) is 0 Å². The minimum atomic E-state index is 0.171. The summed E-state index contributed by atoms with van der Waals surface area (Å²) in [6.07, 6.45) is 3.88. The maximum absolute atomic E-state index is 12.7. The quantitative estimate of drug-likeness (QED) is 0.873. The second-order valence-electron chi connectivity index (χ2n) is 6.51. The van der Waals surface area contributed by atoms with E-state index in [2.05, 4.69) is 34.3 Å². The van der Waals surface area contributed by atoms with Crippen molar-refractivity contribution >= 4 is 5.91 Å². The van der Waals surface area contributed by atoms with Crippen LogP contribution in [0.1, 0.15) is 35.9 Å². The van der Waals surface area contributed by atoms with Crippen molar-refractivity contribution in [1.29, 1.82) is 0 Å². The van der Waals surface area contributed by atoms with Crippen LogP contribution in [0, 0.1) is 5.92 Å². The average molecular weight is 295 g/mol. The van der Waals surface area contributed by atoms with E-state index in [9.17, 15) is 4.79 Å². The first-order valence-electron chi connectivity index (χ1n) is 8.05. The SMILES string of the molecule is Cn1nccc1[C@@H]1C[C@H]1C(=O)N1CCC(c2ccccc2)C1. The fourth-order valence-corrected chi connectivity index (χ4v) is 3.73.